The van der Waals surface area contributed by atoms with Crippen molar-refractivity contribution in [1.29, 1.82) is 0 Å². The van der Waals surface area contributed by atoms with Crippen LogP contribution in [0.2, 0.25) is 0 Å². The summed E-state index contributed by atoms with van der Waals surface area (Å²) in [7, 11) is 0. The van der Waals surface area contributed by atoms with Crippen LogP contribution in [0.15, 0.2) is 42.5 Å². The van der Waals surface area contributed by atoms with Crippen molar-refractivity contribution in [3.63, 3.8) is 0 Å². The molecule has 0 saturated heterocycles. The molecule has 1 aliphatic heterocycles. The molecule has 0 saturated carbocycles. The number of nitrogens with one attached hydrogen (secondary N) is 4. The van der Waals surface area contributed by atoms with Gasteiger partial charge in [0.1, 0.15) is 0 Å². The topological polar surface area (TPSA) is 66.6 Å². The van der Waals surface area contributed by atoms with Crippen LogP contribution >= 0.6 is 24.4 Å². The highest BCUT2D eigenvalue weighted by molar-refractivity contribution is 7.80. The van der Waals surface area contributed by atoms with E-state index in [1.54, 1.807) is 0 Å². The van der Waals surface area contributed by atoms with Crippen LogP contribution in [0.5, 0.6) is 11.5 Å². The van der Waals surface area contributed by atoms with E-state index in [0.717, 1.165) is 28.3 Å². The maximum absolute atomic E-state index is 5.35. The Kier molecular flexibility index (Phi) is 5.52. The lowest BCUT2D eigenvalue weighted by Gasteiger charge is -2.15. The van der Waals surface area contributed by atoms with E-state index in [9.17, 15) is 0 Å². The molecule has 1 heterocycles. The van der Waals surface area contributed by atoms with E-state index in [-0.39, 0.29) is 6.79 Å². The average molecular weight is 374 g/mol. The third-order valence-electron chi connectivity index (χ3n) is 3.57. The molecule has 0 fully saturated rings. The molecule has 0 spiro atoms. The average Bonchev–Trinajstić information content (AvgIpc) is 3.08. The summed E-state index contributed by atoms with van der Waals surface area (Å²) in [6, 6.07) is 13.7. The van der Waals surface area contributed by atoms with Crippen molar-refractivity contribution >= 4 is 40.3 Å². The minimum absolute atomic E-state index is 0.265. The van der Waals surface area contributed by atoms with Crippen LogP contribution in [0.1, 0.15) is 11.1 Å². The van der Waals surface area contributed by atoms with Gasteiger partial charge in [0.15, 0.2) is 21.7 Å². The van der Waals surface area contributed by atoms with Crippen LogP contribution in [0, 0.1) is 6.92 Å². The van der Waals surface area contributed by atoms with E-state index in [0.29, 0.717) is 16.8 Å². The normalized spacial score (nSPS) is 11.6. The van der Waals surface area contributed by atoms with Crippen LogP contribution < -0.4 is 31.0 Å². The zero-order chi connectivity index (χ0) is 17.6. The number of rotatable bonds is 3. The predicted molar refractivity (Wildman–Crippen MR) is 106 cm³/mol. The van der Waals surface area contributed by atoms with Gasteiger partial charge in [-0.1, -0.05) is 24.3 Å². The Morgan fingerprint density at radius 3 is 2.60 bits per heavy atom. The zero-order valence-electron chi connectivity index (χ0n) is 13.6. The number of ether oxygens (including phenoxy) is 2. The van der Waals surface area contributed by atoms with E-state index >= 15 is 0 Å². The molecule has 130 valence electrons. The minimum atomic E-state index is 0.265. The van der Waals surface area contributed by atoms with Gasteiger partial charge in [-0.25, -0.2) is 0 Å². The molecule has 0 bridgehead atoms. The third kappa shape index (κ3) is 4.71. The summed E-state index contributed by atoms with van der Waals surface area (Å²) >= 11 is 10.5. The first-order valence-electron chi connectivity index (χ1n) is 7.67. The highest BCUT2D eigenvalue weighted by Crippen LogP contribution is 2.32. The number of hydrogen-bond donors (Lipinski definition) is 4. The molecule has 8 heteroatoms. The Labute approximate surface area is 156 Å². The number of aryl methyl sites for hydroxylation is 1. The molecule has 2 aromatic carbocycles. The Balaban J connectivity index is 1.42. The SMILES string of the molecule is Cc1ccccc1NC(=S)NNC(=S)NCc1ccc2c(c1)OCO2. The number of para-hydroxylation sites is 1. The molecule has 0 atom stereocenters. The fourth-order valence-electron chi connectivity index (χ4n) is 2.26. The summed E-state index contributed by atoms with van der Waals surface area (Å²) in [6.07, 6.45) is 0. The van der Waals surface area contributed by atoms with Gasteiger partial charge in [0.25, 0.3) is 0 Å². The number of benzene rings is 2. The summed E-state index contributed by atoms with van der Waals surface area (Å²) in [6.45, 7) is 2.83. The summed E-state index contributed by atoms with van der Waals surface area (Å²) in [5.74, 6) is 1.51. The van der Waals surface area contributed by atoms with Crippen molar-refractivity contribution in [3.05, 3.63) is 53.6 Å². The van der Waals surface area contributed by atoms with Crippen LogP contribution in [0.3, 0.4) is 0 Å². The van der Waals surface area contributed by atoms with Gasteiger partial charge in [0.2, 0.25) is 6.79 Å². The second kappa shape index (κ2) is 8.00. The monoisotopic (exact) mass is 374 g/mol. The van der Waals surface area contributed by atoms with E-state index in [4.69, 9.17) is 33.9 Å². The van der Waals surface area contributed by atoms with Crippen molar-refractivity contribution < 1.29 is 9.47 Å². The zero-order valence-corrected chi connectivity index (χ0v) is 15.2. The largest absolute Gasteiger partial charge is 0.454 e. The van der Waals surface area contributed by atoms with Gasteiger partial charge >= 0.3 is 0 Å². The first-order chi connectivity index (χ1) is 12.1. The van der Waals surface area contributed by atoms with E-state index in [1.165, 1.54) is 0 Å². The smallest absolute Gasteiger partial charge is 0.231 e. The van der Waals surface area contributed by atoms with E-state index in [1.807, 2.05) is 49.4 Å². The van der Waals surface area contributed by atoms with E-state index in [2.05, 4.69) is 21.5 Å². The molecule has 0 aromatic heterocycles. The number of anilines is 1. The Hall–Kier alpha value is -2.58. The number of hydrazine groups is 1. The molecule has 1 aliphatic rings. The molecule has 6 nitrogen and oxygen atoms in total. The van der Waals surface area contributed by atoms with Gasteiger partial charge in [0.05, 0.1) is 0 Å². The van der Waals surface area contributed by atoms with Gasteiger partial charge in [-0.3, -0.25) is 10.9 Å². The molecular weight excluding hydrogens is 356 g/mol. The molecule has 2 aromatic rings. The fraction of sp³-hybridized carbons (Fsp3) is 0.176. The third-order valence-corrected chi connectivity index (χ3v) is 4.02. The number of fused-ring (bicyclic) bond motifs is 1. The molecular formula is C17H18N4O2S2. The Morgan fingerprint density at radius 2 is 1.76 bits per heavy atom. The molecule has 3 rings (SSSR count). The molecule has 0 aliphatic carbocycles. The van der Waals surface area contributed by atoms with Crippen molar-refractivity contribution in [3.8, 4) is 11.5 Å². The predicted octanol–water partition coefficient (Wildman–Crippen LogP) is 2.59. The second-order valence-corrected chi connectivity index (χ2v) is 6.21. The first kappa shape index (κ1) is 17.2. The van der Waals surface area contributed by atoms with Crippen LogP contribution in [-0.2, 0) is 6.54 Å². The number of hydrogen-bond acceptors (Lipinski definition) is 4. The maximum Gasteiger partial charge on any atom is 0.231 e. The first-order valence-corrected chi connectivity index (χ1v) is 8.48. The lowest BCUT2D eigenvalue weighted by molar-refractivity contribution is 0.174. The Morgan fingerprint density at radius 1 is 1.00 bits per heavy atom. The van der Waals surface area contributed by atoms with Gasteiger partial charge in [-0.2, -0.15) is 0 Å². The minimum Gasteiger partial charge on any atom is -0.454 e. The summed E-state index contributed by atoms with van der Waals surface area (Å²) in [5.41, 5.74) is 8.80. The fourth-order valence-corrected chi connectivity index (χ4v) is 2.54. The van der Waals surface area contributed by atoms with E-state index < -0.39 is 0 Å². The summed E-state index contributed by atoms with van der Waals surface area (Å²) in [5, 5.41) is 7.07. The molecule has 25 heavy (non-hydrogen) atoms. The van der Waals surface area contributed by atoms with Crippen molar-refractivity contribution in [2.24, 2.45) is 0 Å². The quantitative estimate of drug-likeness (QED) is 0.483. The van der Waals surface area contributed by atoms with Gasteiger partial charge in [-0.15, -0.1) is 0 Å². The standard InChI is InChI=1S/C17H18N4O2S2/c1-11-4-2-3-5-13(11)19-17(25)21-20-16(24)18-9-12-6-7-14-15(8-12)23-10-22-14/h2-8H,9-10H2,1H3,(H2,18,20,24)(H2,19,21,25). The van der Waals surface area contributed by atoms with Crippen LogP contribution in [0.25, 0.3) is 0 Å². The van der Waals surface area contributed by atoms with Gasteiger partial charge in [-0.05, 0) is 60.7 Å². The Bertz CT molecular complexity index is 798. The van der Waals surface area contributed by atoms with Crippen molar-refractivity contribution in [2.45, 2.75) is 13.5 Å². The van der Waals surface area contributed by atoms with Gasteiger partial charge < -0.3 is 20.1 Å². The number of thiocarbonyl (C=S) groups is 2. The van der Waals surface area contributed by atoms with Crippen molar-refractivity contribution in [2.75, 3.05) is 12.1 Å². The van der Waals surface area contributed by atoms with Crippen LogP contribution in [-0.4, -0.2) is 17.0 Å². The lowest BCUT2D eigenvalue weighted by atomic mass is 10.2. The molecule has 4 N–H and O–H groups in total. The molecule has 0 radical (unpaired) electrons. The molecule has 0 amide bonds. The maximum atomic E-state index is 5.35. The summed E-state index contributed by atoms with van der Waals surface area (Å²) < 4.78 is 10.6. The van der Waals surface area contributed by atoms with Crippen molar-refractivity contribution in [1.82, 2.24) is 16.2 Å². The highest BCUT2D eigenvalue weighted by atomic mass is 32.1. The lowest BCUT2D eigenvalue weighted by Crippen LogP contribution is -2.48. The second-order valence-electron chi connectivity index (χ2n) is 5.39. The summed E-state index contributed by atoms with van der Waals surface area (Å²) in [4.78, 5) is 0. The highest BCUT2D eigenvalue weighted by Gasteiger charge is 2.13. The van der Waals surface area contributed by atoms with Gasteiger partial charge in [0, 0.05) is 12.2 Å². The van der Waals surface area contributed by atoms with Crippen LogP contribution in [0.4, 0.5) is 5.69 Å². The molecule has 0 unspecified atom stereocenters.